The molecule has 0 radical (unpaired) electrons. The summed E-state index contributed by atoms with van der Waals surface area (Å²) < 4.78 is 5.57. The molecule has 1 N–H and O–H groups in total. The third-order valence-corrected chi connectivity index (χ3v) is 5.22. The normalized spacial score (nSPS) is 32.6. The van der Waals surface area contributed by atoms with Gasteiger partial charge in [0.25, 0.3) is 0 Å². The van der Waals surface area contributed by atoms with Gasteiger partial charge >= 0.3 is 0 Å². The highest BCUT2D eigenvalue weighted by Crippen LogP contribution is 2.35. The van der Waals surface area contributed by atoms with E-state index in [9.17, 15) is 0 Å². The van der Waals surface area contributed by atoms with Crippen molar-refractivity contribution in [2.75, 3.05) is 7.11 Å². The summed E-state index contributed by atoms with van der Waals surface area (Å²) in [5, 5.41) is 6.09. The van der Waals surface area contributed by atoms with Gasteiger partial charge < -0.3 is 10.1 Å². The molecule has 0 aliphatic heterocycles. The molecule has 1 heterocycles. The van der Waals surface area contributed by atoms with E-state index in [4.69, 9.17) is 4.74 Å². The zero-order chi connectivity index (χ0) is 11.7. The van der Waals surface area contributed by atoms with Gasteiger partial charge in [-0.05, 0) is 55.5 Å². The van der Waals surface area contributed by atoms with Crippen molar-refractivity contribution in [3.05, 3.63) is 21.9 Å². The Morgan fingerprint density at radius 2 is 2.24 bits per heavy atom. The van der Waals surface area contributed by atoms with Crippen LogP contribution in [0.2, 0.25) is 0 Å². The van der Waals surface area contributed by atoms with E-state index in [0.717, 1.165) is 0 Å². The van der Waals surface area contributed by atoms with Gasteiger partial charge in [-0.2, -0.15) is 0 Å². The Balaban J connectivity index is 1.70. The molecule has 0 amide bonds. The van der Waals surface area contributed by atoms with Gasteiger partial charge in [-0.3, -0.25) is 0 Å². The topological polar surface area (TPSA) is 21.3 Å². The minimum Gasteiger partial charge on any atom is -0.380 e. The molecule has 2 nitrogen and oxygen atoms in total. The Morgan fingerprint density at radius 1 is 1.29 bits per heavy atom. The minimum absolute atomic E-state index is 0.430. The Kier molecular flexibility index (Phi) is 3.50. The quantitative estimate of drug-likeness (QED) is 0.890. The van der Waals surface area contributed by atoms with Gasteiger partial charge in [-0.1, -0.05) is 0 Å². The summed E-state index contributed by atoms with van der Waals surface area (Å²) in [6.45, 7) is 0. The second kappa shape index (κ2) is 5.09. The van der Waals surface area contributed by atoms with Crippen LogP contribution in [0, 0.1) is 0 Å². The van der Waals surface area contributed by atoms with Crippen LogP contribution < -0.4 is 5.32 Å². The van der Waals surface area contributed by atoms with Crippen LogP contribution >= 0.6 is 11.3 Å². The first-order valence-electron chi connectivity index (χ1n) is 6.73. The highest BCUT2D eigenvalue weighted by atomic mass is 32.1. The number of rotatable bonds is 3. The number of hydrogen-bond acceptors (Lipinski definition) is 3. The lowest BCUT2D eigenvalue weighted by Gasteiger charge is -2.29. The zero-order valence-electron chi connectivity index (χ0n) is 10.4. The lowest BCUT2D eigenvalue weighted by molar-refractivity contribution is 0.0803. The van der Waals surface area contributed by atoms with Crippen LogP contribution in [0.1, 0.15) is 48.6 Å². The van der Waals surface area contributed by atoms with Gasteiger partial charge in [0.2, 0.25) is 0 Å². The SMILES string of the molecule is COC1CCCC1NC1CCCc2sccc21. The maximum absolute atomic E-state index is 5.57. The first-order chi connectivity index (χ1) is 8.38. The van der Waals surface area contributed by atoms with Gasteiger partial charge in [0.05, 0.1) is 6.10 Å². The summed E-state index contributed by atoms with van der Waals surface area (Å²) in [6.07, 6.45) is 8.13. The first-order valence-corrected chi connectivity index (χ1v) is 7.61. The summed E-state index contributed by atoms with van der Waals surface area (Å²) in [5.74, 6) is 0. The molecule has 1 fully saturated rings. The highest BCUT2D eigenvalue weighted by molar-refractivity contribution is 7.10. The Bertz CT molecular complexity index is 376. The van der Waals surface area contributed by atoms with Crippen LogP contribution in [0.5, 0.6) is 0 Å². The maximum Gasteiger partial charge on any atom is 0.0724 e. The van der Waals surface area contributed by atoms with E-state index in [2.05, 4.69) is 16.8 Å². The Hall–Kier alpha value is -0.380. The van der Waals surface area contributed by atoms with Crippen molar-refractivity contribution in [3.8, 4) is 0 Å². The van der Waals surface area contributed by atoms with Crippen LogP contribution in [-0.2, 0) is 11.2 Å². The molecule has 3 rings (SSSR count). The predicted octanol–water partition coefficient (Wildman–Crippen LogP) is 3.28. The van der Waals surface area contributed by atoms with Crippen LogP contribution in [0.25, 0.3) is 0 Å². The van der Waals surface area contributed by atoms with Crippen molar-refractivity contribution >= 4 is 11.3 Å². The lowest BCUT2D eigenvalue weighted by atomic mass is 9.93. The van der Waals surface area contributed by atoms with Crippen LogP contribution in [0.4, 0.5) is 0 Å². The van der Waals surface area contributed by atoms with Crippen molar-refractivity contribution in [1.82, 2.24) is 5.32 Å². The number of fused-ring (bicyclic) bond motifs is 1. The average molecular weight is 251 g/mol. The fourth-order valence-electron chi connectivity index (χ4n) is 3.32. The summed E-state index contributed by atoms with van der Waals surface area (Å²) in [5.41, 5.74) is 1.56. The standard InChI is InChI=1S/C14H21NOS/c1-16-13-6-2-5-12(13)15-11-4-3-7-14-10(11)8-9-17-14/h8-9,11-13,15H,2-7H2,1H3. The third-order valence-electron chi connectivity index (χ3n) is 4.22. The molecular formula is C14H21NOS. The van der Waals surface area contributed by atoms with E-state index in [1.54, 1.807) is 10.4 Å². The fraction of sp³-hybridized carbons (Fsp3) is 0.714. The molecule has 3 atom stereocenters. The smallest absolute Gasteiger partial charge is 0.0724 e. The minimum atomic E-state index is 0.430. The van der Waals surface area contributed by atoms with Crippen molar-refractivity contribution in [2.24, 2.45) is 0 Å². The average Bonchev–Trinajstić information content (AvgIpc) is 2.97. The molecule has 1 saturated carbocycles. The Morgan fingerprint density at radius 3 is 3.12 bits per heavy atom. The zero-order valence-corrected chi connectivity index (χ0v) is 11.3. The van der Waals surface area contributed by atoms with E-state index >= 15 is 0 Å². The van der Waals surface area contributed by atoms with Crippen LogP contribution in [0.15, 0.2) is 11.4 Å². The molecule has 0 aromatic carbocycles. The number of methoxy groups -OCH3 is 1. The van der Waals surface area contributed by atoms with Gasteiger partial charge in [0.15, 0.2) is 0 Å². The van der Waals surface area contributed by atoms with E-state index in [1.807, 2.05) is 18.4 Å². The predicted molar refractivity (Wildman–Crippen MR) is 71.6 cm³/mol. The lowest BCUT2D eigenvalue weighted by Crippen LogP contribution is -2.40. The van der Waals surface area contributed by atoms with Gasteiger partial charge in [0, 0.05) is 24.1 Å². The molecule has 17 heavy (non-hydrogen) atoms. The largest absolute Gasteiger partial charge is 0.380 e. The monoisotopic (exact) mass is 251 g/mol. The molecule has 3 unspecified atom stereocenters. The van der Waals surface area contributed by atoms with Gasteiger partial charge in [-0.15, -0.1) is 11.3 Å². The molecule has 0 saturated heterocycles. The molecular weight excluding hydrogens is 230 g/mol. The number of hydrogen-bond donors (Lipinski definition) is 1. The number of ether oxygens (including phenoxy) is 1. The molecule has 3 heteroatoms. The first kappa shape index (κ1) is 11.7. The van der Waals surface area contributed by atoms with Crippen LogP contribution in [0.3, 0.4) is 0 Å². The Labute approximate surface area is 107 Å². The van der Waals surface area contributed by atoms with E-state index in [-0.39, 0.29) is 0 Å². The maximum atomic E-state index is 5.57. The molecule has 2 aliphatic rings. The molecule has 0 bridgehead atoms. The summed E-state index contributed by atoms with van der Waals surface area (Å²) in [4.78, 5) is 1.60. The second-order valence-corrected chi connectivity index (χ2v) is 6.22. The van der Waals surface area contributed by atoms with E-state index < -0.39 is 0 Å². The highest BCUT2D eigenvalue weighted by Gasteiger charge is 2.31. The van der Waals surface area contributed by atoms with Crippen molar-refractivity contribution < 1.29 is 4.74 Å². The van der Waals surface area contributed by atoms with Crippen molar-refractivity contribution in [3.63, 3.8) is 0 Å². The van der Waals surface area contributed by atoms with Crippen LogP contribution in [-0.4, -0.2) is 19.3 Å². The van der Waals surface area contributed by atoms with Gasteiger partial charge in [0.1, 0.15) is 0 Å². The fourth-order valence-corrected chi connectivity index (χ4v) is 4.30. The third kappa shape index (κ3) is 2.28. The number of nitrogens with one attached hydrogen (secondary N) is 1. The molecule has 94 valence electrons. The molecule has 2 aliphatic carbocycles. The van der Waals surface area contributed by atoms with Crippen molar-refractivity contribution in [2.45, 2.75) is 56.7 Å². The van der Waals surface area contributed by atoms with Crippen molar-refractivity contribution in [1.29, 1.82) is 0 Å². The van der Waals surface area contributed by atoms with Gasteiger partial charge in [-0.25, -0.2) is 0 Å². The number of thiophene rings is 1. The second-order valence-electron chi connectivity index (χ2n) is 5.22. The van der Waals surface area contributed by atoms with E-state index in [1.165, 1.54) is 38.5 Å². The summed E-state index contributed by atoms with van der Waals surface area (Å²) in [7, 11) is 1.85. The molecule has 0 spiro atoms. The summed E-state index contributed by atoms with van der Waals surface area (Å²) in [6, 6.07) is 3.45. The molecule has 1 aromatic rings. The number of aryl methyl sites for hydroxylation is 1. The molecule has 1 aromatic heterocycles. The van der Waals surface area contributed by atoms with E-state index in [0.29, 0.717) is 18.2 Å². The summed E-state index contributed by atoms with van der Waals surface area (Å²) >= 11 is 1.92.